The third-order valence-corrected chi connectivity index (χ3v) is 5.61. The number of amides is 1. The SMILES string of the molecule is CC(C)(C)c1nc(-c2ccc(NC(=O)CSc3nncn3-c3cccc(Cl)c3)cc2)no1. The van der Waals surface area contributed by atoms with Gasteiger partial charge in [-0.1, -0.05) is 55.4 Å². The number of carbonyl (C=O) groups is 1. The number of nitrogens with zero attached hydrogens (tertiary/aromatic N) is 5. The normalized spacial score (nSPS) is 11.5. The molecule has 1 amide bonds. The number of hydrogen-bond acceptors (Lipinski definition) is 7. The molecular weight excluding hydrogens is 448 g/mol. The molecule has 0 atom stereocenters. The highest BCUT2D eigenvalue weighted by atomic mass is 35.5. The van der Waals surface area contributed by atoms with Gasteiger partial charge in [0.1, 0.15) is 6.33 Å². The highest BCUT2D eigenvalue weighted by molar-refractivity contribution is 7.99. The van der Waals surface area contributed by atoms with E-state index in [4.69, 9.17) is 16.1 Å². The fourth-order valence-electron chi connectivity index (χ4n) is 2.80. The monoisotopic (exact) mass is 468 g/mol. The van der Waals surface area contributed by atoms with E-state index in [-0.39, 0.29) is 17.1 Å². The van der Waals surface area contributed by atoms with E-state index in [1.54, 1.807) is 29.1 Å². The van der Waals surface area contributed by atoms with Crippen LogP contribution in [0, 0.1) is 0 Å². The van der Waals surface area contributed by atoms with Crippen molar-refractivity contribution in [1.82, 2.24) is 24.9 Å². The van der Waals surface area contributed by atoms with Crippen LogP contribution < -0.4 is 5.32 Å². The van der Waals surface area contributed by atoms with Crippen LogP contribution in [0.4, 0.5) is 5.69 Å². The van der Waals surface area contributed by atoms with Crippen LogP contribution in [0.1, 0.15) is 26.7 Å². The molecular formula is C22H21ClN6O2S. The molecule has 0 saturated heterocycles. The van der Waals surface area contributed by atoms with E-state index < -0.39 is 0 Å². The van der Waals surface area contributed by atoms with Crippen molar-refractivity contribution in [3.05, 3.63) is 65.8 Å². The molecule has 32 heavy (non-hydrogen) atoms. The van der Waals surface area contributed by atoms with Crippen molar-refractivity contribution in [1.29, 1.82) is 0 Å². The minimum atomic E-state index is -0.214. The molecule has 164 valence electrons. The fourth-order valence-corrected chi connectivity index (χ4v) is 3.71. The first kappa shape index (κ1) is 22.0. The molecule has 0 radical (unpaired) electrons. The lowest BCUT2D eigenvalue weighted by atomic mass is 9.97. The van der Waals surface area contributed by atoms with Crippen molar-refractivity contribution < 1.29 is 9.32 Å². The van der Waals surface area contributed by atoms with Crippen LogP contribution in [0.3, 0.4) is 0 Å². The second-order valence-electron chi connectivity index (χ2n) is 8.05. The van der Waals surface area contributed by atoms with E-state index in [2.05, 4.69) is 25.7 Å². The molecule has 0 unspecified atom stereocenters. The number of rotatable bonds is 6. The van der Waals surface area contributed by atoms with Crippen LogP contribution in [0.5, 0.6) is 0 Å². The third-order valence-electron chi connectivity index (χ3n) is 4.43. The van der Waals surface area contributed by atoms with Gasteiger partial charge in [-0.3, -0.25) is 9.36 Å². The first-order chi connectivity index (χ1) is 15.3. The maximum Gasteiger partial charge on any atom is 0.234 e. The largest absolute Gasteiger partial charge is 0.338 e. The van der Waals surface area contributed by atoms with Crippen molar-refractivity contribution in [2.75, 3.05) is 11.1 Å². The summed E-state index contributed by atoms with van der Waals surface area (Å²) in [6, 6.07) is 14.6. The maximum atomic E-state index is 12.4. The summed E-state index contributed by atoms with van der Waals surface area (Å²) in [5.74, 6) is 1.12. The lowest BCUT2D eigenvalue weighted by Crippen LogP contribution is -2.14. The molecule has 0 aliphatic heterocycles. The van der Waals surface area contributed by atoms with Crippen LogP contribution in [0.15, 0.2) is 64.5 Å². The molecule has 10 heteroatoms. The van der Waals surface area contributed by atoms with Gasteiger partial charge in [0.05, 0.1) is 11.4 Å². The fraction of sp³-hybridized carbons (Fsp3) is 0.227. The van der Waals surface area contributed by atoms with Crippen LogP contribution in [-0.2, 0) is 10.2 Å². The quantitative estimate of drug-likeness (QED) is 0.397. The first-order valence-corrected chi connectivity index (χ1v) is 11.2. The minimum absolute atomic E-state index is 0.155. The smallest absolute Gasteiger partial charge is 0.234 e. The zero-order valence-corrected chi connectivity index (χ0v) is 19.3. The summed E-state index contributed by atoms with van der Waals surface area (Å²) in [5, 5.41) is 16.2. The standard InChI is InChI=1S/C22H21ClN6O2S/c1-22(2,3)20-26-19(28-31-20)14-7-9-16(10-8-14)25-18(30)12-32-21-27-24-13-29(21)17-6-4-5-15(23)11-17/h4-11,13H,12H2,1-3H3,(H,25,30). The van der Waals surface area contributed by atoms with Gasteiger partial charge in [0.25, 0.3) is 0 Å². The Morgan fingerprint density at radius 2 is 1.97 bits per heavy atom. The molecule has 1 N–H and O–H groups in total. The Morgan fingerprint density at radius 3 is 2.66 bits per heavy atom. The lowest BCUT2D eigenvalue weighted by Gasteiger charge is -2.10. The van der Waals surface area contributed by atoms with E-state index >= 15 is 0 Å². The van der Waals surface area contributed by atoms with Crippen molar-refractivity contribution in [3.63, 3.8) is 0 Å². The van der Waals surface area contributed by atoms with Gasteiger partial charge in [0.15, 0.2) is 5.16 Å². The van der Waals surface area contributed by atoms with E-state index in [9.17, 15) is 4.79 Å². The molecule has 8 nitrogen and oxygen atoms in total. The van der Waals surface area contributed by atoms with Gasteiger partial charge in [-0.25, -0.2) is 0 Å². The van der Waals surface area contributed by atoms with Crippen LogP contribution in [-0.4, -0.2) is 36.6 Å². The number of thioether (sulfide) groups is 1. The van der Waals surface area contributed by atoms with E-state index in [0.29, 0.717) is 27.6 Å². The van der Waals surface area contributed by atoms with Crippen LogP contribution >= 0.6 is 23.4 Å². The molecule has 4 aromatic rings. The number of hydrogen-bond donors (Lipinski definition) is 1. The summed E-state index contributed by atoms with van der Waals surface area (Å²) in [6.07, 6.45) is 1.59. The van der Waals surface area contributed by atoms with Gasteiger partial charge in [0, 0.05) is 21.7 Å². The van der Waals surface area contributed by atoms with Gasteiger partial charge < -0.3 is 9.84 Å². The number of halogens is 1. The van der Waals surface area contributed by atoms with Gasteiger partial charge >= 0.3 is 0 Å². The first-order valence-electron chi connectivity index (χ1n) is 9.83. The Kier molecular flexibility index (Phi) is 6.29. The van der Waals surface area contributed by atoms with Crippen LogP contribution in [0.25, 0.3) is 17.1 Å². The molecule has 0 aliphatic rings. The Morgan fingerprint density at radius 1 is 1.19 bits per heavy atom. The molecule has 0 fully saturated rings. The Hall–Kier alpha value is -3.17. The topological polar surface area (TPSA) is 98.7 Å². The minimum Gasteiger partial charge on any atom is -0.338 e. The molecule has 4 rings (SSSR count). The number of nitrogens with one attached hydrogen (secondary N) is 1. The highest BCUT2D eigenvalue weighted by Crippen LogP contribution is 2.25. The summed E-state index contributed by atoms with van der Waals surface area (Å²) < 4.78 is 7.13. The van der Waals surface area contributed by atoms with E-state index in [0.717, 1.165) is 11.3 Å². The number of aromatic nitrogens is 5. The second-order valence-corrected chi connectivity index (χ2v) is 9.43. The van der Waals surface area contributed by atoms with Gasteiger partial charge in [-0.15, -0.1) is 10.2 Å². The summed E-state index contributed by atoms with van der Waals surface area (Å²) in [5.41, 5.74) is 2.10. The molecule has 0 spiro atoms. The molecule has 2 heterocycles. The number of benzene rings is 2. The second kappa shape index (κ2) is 9.13. The highest BCUT2D eigenvalue weighted by Gasteiger charge is 2.22. The molecule has 2 aromatic carbocycles. The lowest BCUT2D eigenvalue weighted by molar-refractivity contribution is -0.113. The number of carbonyl (C=O) groups excluding carboxylic acids is 1. The predicted molar refractivity (Wildman–Crippen MR) is 124 cm³/mol. The number of anilines is 1. The zero-order valence-electron chi connectivity index (χ0n) is 17.7. The van der Waals surface area contributed by atoms with Crippen molar-refractivity contribution in [3.8, 4) is 17.1 Å². The zero-order chi connectivity index (χ0) is 22.7. The van der Waals surface area contributed by atoms with Gasteiger partial charge in [-0.05, 0) is 42.5 Å². The maximum absolute atomic E-state index is 12.4. The Balaban J connectivity index is 1.36. The average molecular weight is 469 g/mol. The Bertz CT molecular complexity index is 1230. The van der Waals surface area contributed by atoms with Crippen molar-refractivity contribution >= 4 is 35.0 Å². The summed E-state index contributed by atoms with van der Waals surface area (Å²) >= 11 is 7.35. The van der Waals surface area contributed by atoms with Gasteiger partial charge in [0.2, 0.25) is 17.6 Å². The molecule has 0 saturated carbocycles. The third kappa shape index (κ3) is 5.17. The van der Waals surface area contributed by atoms with Crippen LogP contribution in [0.2, 0.25) is 5.02 Å². The summed E-state index contributed by atoms with van der Waals surface area (Å²) in [6.45, 7) is 6.04. The Labute approximate surface area is 194 Å². The van der Waals surface area contributed by atoms with Crippen molar-refractivity contribution in [2.45, 2.75) is 31.3 Å². The molecule has 2 aromatic heterocycles. The van der Waals surface area contributed by atoms with Gasteiger partial charge in [-0.2, -0.15) is 4.98 Å². The average Bonchev–Trinajstić information content (AvgIpc) is 3.42. The van der Waals surface area contributed by atoms with Crippen molar-refractivity contribution in [2.24, 2.45) is 0 Å². The molecule has 0 bridgehead atoms. The van der Waals surface area contributed by atoms with E-state index in [1.165, 1.54) is 11.8 Å². The summed E-state index contributed by atoms with van der Waals surface area (Å²) in [4.78, 5) is 16.9. The summed E-state index contributed by atoms with van der Waals surface area (Å²) in [7, 11) is 0. The predicted octanol–water partition coefficient (Wildman–Crippen LogP) is 5.00. The van der Waals surface area contributed by atoms with E-state index in [1.807, 2.05) is 51.1 Å². The molecule has 0 aliphatic carbocycles.